The summed E-state index contributed by atoms with van der Waals surface area (Å²) in [6.07, 6.45) is -1.69. The molecule has 92 valence electrons. The summed E-state index contributed by atoms with van der Waals surface area (Å²) >= 11 is 0. The van der Waals surface area contributed by atoms with Gasteiger partial charge in [-0.25, -0.2) is 0 Å². The molecular formula is C14H14N2O2. The molecule has 2 aromatic rings. The average Bonchev–Trinajstić information content (AvgIpc) is 2.38. The van der Waals surface area contributed by atoms with Crippen LogP contribution in [-0.2, 0) is 0 Å². The van der Waals surface area contributed by atoms with Crippen LogP contribution in [0.3, 0.4) is 0 Å². The zero-order valence-electron chi connectivity index (χ0n) is 9.67. The van der Waals surface area contributed by atoms with Gasteiger partial charge in [0.15, 0.2) is 0 Å². The highest BCUT2D eigenvalue weighted by atomic mass is 16.3. The van der Waals surface area contributed by atoms with Crippen molar-refractivity contribution in [3.8, 4) is 0 Å². The molecule has 1 aliphatic rings. The lowest BCUT2D eigenvalue weighted by Gasteiger charge is -2.30. The van der Waals surface area contributed by atoms with Gasteiger partial charge in [0, 0.05) is 22.5 Å². The maximum atomic E-state index is 10.4. The molecule has 0 radical (unpaired) electrons. The number of hydrogen-bond donors (Lipinski definition) is 4. The highest BCUT2D eigenvalue weighted by Gasteiger charge is 2.32. The van der Waals surface area contributed by atoms with Crippen LogP contribution in [0.1, 0.15) is 34.5 Å². The molecule has 0 fully saturated rings. The number of rotatable bonds is 0. The Morgan fingerprint density at radius 3 is 1.50 bits per heavy atom. The van der Waals surface area contributed by atoms with Crippen molar-refractivity contribution >= 4 is 11.4 Å². The number of hydrogen-bond acceptors (Lipinski definition) is 4. The van der Waals surface area contributed by atoms with Crippen molar-refractivity contribution in [1.29, 1.82) is 0 Å². The van der Waals surface area contributed by atoms with E-state index in [2.05, 4.69) is 0 Å². The van der Waals surface area contributed by atoms with E-state index in [1.807, 2.05) is 12.1 Å². The third-order valence-corrected chi connectivity index (χ3v) is 3.49. The quantitative estimate of drug-likeness (QED) is 0.524. The van der Waals surface area contributed by atoms with Crippen LogP contribution in [0.2, 0.25) is 0 Å². The molecule has 0 saturated heterocycles. The van der Waals surface area contributed by atoms with E-state index in [1.165, 1.54) is 0 Å². The summed E-state index contributed by atoms with van der Waals surface area (Å²) < 4.78 is 0. The fourth-order valence-electron chi connectivity index (χ4n) is 2.60. The molecule has 18 heavy (non-hydrogen) atoms. The highest BCUT2D eigenvalue weighted by Crippen LogP contribution is 2.45. The number of aliphatic hydroxyl groups is 2. The first-order valence-electron chi connectivity index (χ1n) is 5.74. The lowest BCUT2D eigenvalue weighted by molar-refractivity contribution is 0.174. The van der Waals surface area contributed by atoms with E-state index >= 15 is 0 Å². The van der Waals surface area contributed by atoms with E-state index < -0.39 is 12.2 Å². The topological polar surface area (TPSA) is 92.5 Å². The molecule has 0 bridgehead atoms. The molecule has 0 aliphatic heterocycles. The minimum Gasteiger partial charge on any atom is -0.398 e. The molecule has 1 aliphatic carbocycles. The molecule has 0 spiro atoms. The normalized spacial score (nSPS) is 21.2. The molecule has 4 nitrogen and oxygen atoms in total. The van der Waals surface area contributed by atoms with Gasteiger partial charge in [0.1, 0.15) is 12.2 Å². The van der Waals surface area contributed by atoms with Crippen LogP contribution in [0, 0.1) is 0 Å². The van der Waals surface area contributed by atoms with Gasteiger partial charge < -0.3 is 21.7 Å². The first kappa shape index (κ1) is 11.1. The number of fused-ring (bicyclic) bond motifs is 2. The van der Waals surface area contributed by atoms with Crippen LogP contribution in [0.15, 0.2) is 36.4 Å². The molecule has 2 aromatic carbocycles. The Kier molecular flexibility index (Phi) is 2.29. The van der Waals surface area contributed by atoms with Crippen molar-refractivity contribution in [2.45, 2.75) is 12.2 Å². The summed E-state index contributed by atoms with van der Waals surface area (Å²) in [5.41, 5.74) is 15.1. The minimum atomic E-state index is -0.844. The van der Waals surface area contributed by atoms with Crippen LogP contribution in [-0.4, -0.2) is 10.2 Å². The van der Waals surface area contributed by atoms with Crippen molar-refractivity contribution in [3.63, 3.8) is 0 Å². The van der Waals surface area contributed by atoms with Gasteiger partial charge in [-0.15, -0.1) is 0 Å². The van der Waals surface area contributed by atoms with E-state index in [1.54, 1.807) is 24.3 Å². The Morgan fingerprint density at radius 2 is 1.11 bits per heavy atom. The molecule has 3 rings (SSSR count). The van der Waals surface area contributed by atoms with Crippen molar-refractivity contribution in [1.82, 2.24) is 0 Å². The first-order chi connectivity index (χ1) is 8.61. The second-order valence-electron chi connectivity index (χ2n) is 4.51. The predicted octanol–water partition coefficient (Wildman–Crippen LogP) is 1.33. The summed E-state index contributed by atoms with van der Waals surface area (Å²) in [7, 11) is 0. The van der Waals surface area contributed by atoms with Gasteiger partial charge >= 0.3 is 0 Å². The van der Waals surface area contributed by atoms with Gasteiger partial charge in [-0.2, -0.15) is 0 Å². The Balaban J connectivity index is 2.33. The highest BCUT2D eigenvalue weighted by molar-refractivity contribution is 5.68. The van der Waals surface area contributed by atoms with Gasteiger partial charge in [0.25, 0.3) is 0 Å². The Morgan fingerprint density at radius 1 is 0.722 bits per heavy atom. The van der Waals surface area contributed by atoms with Crippen LogP contribution in [0.4, 0.5) is 11.4 Å². The second kappa shape index (κ2) is 3.73. The third-order valence-electron chi connectivity index (χ3n) is 3.49. The molecule has 6 N–H and O–H groups in total. The van der Waals surface area contributed by atoms with E-state index in [4.69, 9.17) is 11.5 Å². The molecule has 0 amide bonds. The Hall–Kier alpha value is -2.04. The molecular weight excluding hydrogens is 228 g/mol. The molecule has 0 saturated carbocycles. The fourth-order valence-corrected chi connectivity index (χ4v) is 2.60. The van der Waals surface area contributed by atoms with Crippen LogP contribution >= 0.6 is 0 Å². The first-order valence-corrected chi connectivity index (χ1v) is 5.74. The summed E-state index contributed by atoms with van der Waals surface area (Å²) in [4.78, 5) is 0. The summed E-state index contributed by atoms with van der Waals surface area (Å²) in [6, 6.07) is 10.5. The van der Waals surface area contributed by atoms with Gasteiger partial charge in [-0.05, 0) is 23.3 Å². The third kappa shape index (κ3) is 1.33. The number of nitrogen functional groups attached to an aromatic ring is 2. The lowest BCUT2D eigenvalue weighted by atomic mass is 9.80. The predicted molar refractivity (Wildman–Crippen MR) is 69.8 cm³/mol. The van der Waals surface area contributed by atoms with E-state index in [0.29, 0.717) is 33.6 Å². The molecule has 2 atom stereocenters. The number of aliphatic hydroxyl groups excluding tert-OH is 2. The maximum Gasteiger partial charge on any atom is 0.107 e. The van der Waals surface area contributed by atoms with Gasteiger partial charge in [0.05, 0.1) is 0 Å². The van der Waals surface area contributed by atoms with Crippen molar-refractivity contribution in [2.24, 2.45) is 0 Å². The Bertz CT molecular complexity index is 571. The van der Waals surface area contributed by atoms with Gasteiger partial charge in [0.2, 0.25) is 0 Å². The van der Waals surface area contributed by atoms with Crippen LogP contribution in [0.5, 0.6) is 0 Å². The number of anilines is 2. The number of nitrogens with two attached hydrogens (primary N) is 2. The summed E-state index contributed by atoms with van der Waals surface area (Å²) in [5, 5.41) is 20.8. The second-order valence-corrected chi connectivity index (χ2v) is 4.51. The SMILES string of the molecule is Nc1ccc(N)c2c1C(O)c1ccccc1C2O. The van der Waals surface area contributed by atoms with E-state index in [-0.39, 0.29) is 0 Å². The molecule has 0 heterocycles. The monoisotopic (exact) mass is 242 g/mol. The molecule has 4 heteroatoms. The van der Waals surface area contributed by atoms with Crippen molar-refractivity contribution < 1.29 is 10.2 Å². The molecule has 0 aromatic heterocycles. The van der Waals surface area contributed by atoms with Crippen LogP contribution < -0.4 is 11.5 Å². The lowest BCUT2D eigenvalue weighted by Crippen LogP contribution is -2.20. The standard InChI is InChI=1S/C14H14N2O2/c15-9-5-6-10(16)12-11(9)13(17)7-3-1-2-4-8(7)14(12)18/h1-6,13-14,17-18H,15-16H2. The zero-order valence-corrected chi connectivity index (χ0v) is 9.67. The van der Waals surface area contributed by atoms with Crippen molar-refractivity contribution in [3.05, 3.63) is 58.7 Å². The number of benzene rings is 2. The maximum absolute atomic E-state index is 10.4. The van der Waals surface area contributed by atoms with E-state index in [0.717, 1.165) is 0 Å². The van der Waals surface area contributed by atoms with E-state index in [9.17, 15) is 10.2 Å². The molecule has 2 unspecified atom stereocenters. The minimum absolute atomic E-state index is 0.445. The summed E-state index contributed by atoms with van der Waals surface area (Å²) in [5.74, 6) is 0. The summed E-state index contributed by atoms with van der Waals surface area (Å²) in [6.45, 7) is 0. The zero-order chi connectivity index (χ0) is 12.9. The van der Waals surface area contributed by atoms with Gasteiger partial charge in [-0.1, -0.05) is 24.3 Å². The Labute approximate surface area is 104 Å². The van der Waals surface area contributed by atoms with Gasteiger partial charge in [-0.3, -0.25) is 0 Å². The largest absolute Gasteiger partial charge is 0.398 e. The fraction of sp³-hybridized carbons (Fsp3) is 0.143. The average molecular weight is 242 g/mol. The van der Waals surface area contributed by atoms with Crippen molar-refractivity contribution in [2.75, 3.05) is 11.5 Å². The smallest absolute Gasteiger partial charge is 0.107 e. The van der Waals surface area contributed by atoms with Crippen LogP contribution in [0.25, 0.3) is 0 Å².